The Balaban J connectivity index is 1.63. The molecule has 2 aromatic rings. The van der Waals surface area contributed by atoms with Gasteiger partial charge in [-0.05, 0) is 18.9 Å². The van der Waals surface area contributed by atoms with Gasteiger partial charge >= 0.3 is 0 Å². The molecular weight excluding hydrogens is 258 g/mol. The number of piperidine rings is 1. The van der Waals surface area contributed by atoms with Crippen molar-refractivity contribution in [2.45, 2.75) is 18.9 Å². The minimum atomic E-state index is -0.0329. The van der Waals surface area contributed by atoms with Crippen LogP contribution in [0.2, 0.25) is 0 Å². The van der Waals surface area contributed by atoms with Crippen LogP contribution < -0.4 is 4.74 Å². The van der Waals surface area contributed by atoms with E-state index in [1.165, 1.54) is 18.9 Å². The number of likely N-dealkylation sites (tertiary alicyclic amines) is 1. The average Bonchev–Trinajstić information content (AvgIpc) is 3.02. The first kappa shape index (κ1) is 12.7. The number of hydrogen-bond donors (Lipinski definition) is 0. The number of ether oxygens (including phenoxy) is 1. The zero-order valence-electron chi connectivity index (χ0n) is 10.9. The standard InChI is InChI=1S/C14H15N3O3/c18-14(11-4-7-19-9-11)17-6-1-2-12(8-17)20-13-3-5-15-10-16-13/h3-5,7,9-10,12H,1-2,6,8H2. The number of amides is 1. The van der Waals surface area contributed by atoms with Gasteiger partial charge in [-0.1, -0.05) is 0 Å². The highest BCUT2D eigenvalue weighted by Gasteiger charge is 2.26. The van der Waals surface area contributed by atoms with Gasteiger partial charge in [-0.2, -0.15) is 0 Å². The monoisotopic (exact) mass is 273 g/mol. The summed E-state index contributed by atoms with van der Waals surface area (Å²) in [5.41, 5.74) is 0.577. The maximum atomic E-state index is 12.2. The van der Waals surface area contributed by atoms with Gasteiger partial charge in [0, 0.05) is 18.8 Å². The van der Waals surface area contributed by atoms with E-state index in [1.54, 1.807) is 23.2 Å². The summed E-state index contributed by atoms with van der Waals surface area (Å²) in [6.45, 7) is 1.31. The van der Waals surface area contributed by atoms with E-state index in [0.29, 0.717) is 18.0 Å². The fourth-order valence-corrected chi connectivity index (χ4v) is 2.31. The number of nitrogens with zero attached hydrogens (tertiary/aromatic N) is 3. The lowest BCUT2D eigenvalue weighted by atomic mass is 10.1. The zero-order valence-corrected chi connectivity index (χ0v) is 10.9. The first-order valence-electron chi connectivity index (χ1n) is 6.57. The van der Waals surface area contributed by atoms with Gasteiger partial charge in [-0.3, -0.25) is 4.79 Å². The molecule has 3 heterocycles. The minimum Gasteiger partial charge on any atom is -0.472 e. The summed E-state index contributed by atoms with van der Waals surface area (Å²) in [6.07, 6.45) is 7.86. The Hall–Kier alpha value is -2.37. The number of carbonyl (C=O) groups excluding carboxylic acids is 1. The molecule has 1 aliphatic rings. The van der Waals surface area contributed by atoms with Crippen molar-refractivity contribution < 1.29 is 13.9 Å². The number of furan rings is 1. The molecule has 3 rings (SSSR count). The summed E-state index contributed by atoms with van der Waals surface area (Å²) in [7, 11) is 0. The zero-order chi connectivity index (χ0) is 13.8. The first-order valence-corrected chi connectivity index (χ1v) is 6.57. The third-order valence-electron chi connectivity index (χ3n) is 3.28. The summed E-state index contributed by atoms with van der Waals surface area (Å²) in [6, 6.07) is 3.40. The number of hydrogen-bond acceptors (Lipinski definition) is 5. The van der Waals surface area contributed by atoms with Crippen LogP contribution in [0.25, 0.3) is 0 Å². The molecule has 0 N–H and O–H groups in total. The molecule has 1 unspecified atom stereocenters. The summed E-state index contributed by atoms with van der Waals surface area (Å²) >= 11 is 0. The molecule has 0 bridgehead atoms. The van der Waals surface area contributed by atoms with Crippen molar-refractivity contribution in [1.82, 2.24) is 14.9 Å². The molecule has 6 heteroatoms. The van der Waals surface area contributed by atoms with E-state index >= 15 is 0 Å². The van der Waals surface area contributed by atoms with Gasteiger partial charge in [0.25, 0.3) is 5.91 Å². The van der Waals surface area contributed by atoms with Crippen LogP contribution in [0.1, 0.15) is 23.2 Å². The molecule has 0 radical (unpaired) electrons. The van der Waals surface area contributed by atoms with E-state index in [0.717, 1.165) is 19.4 Å². The van der Waals surface area contributed by atoms with Crippen LogP contribution in [0.3, 0.4) is 0 Å². The summed E-state index contributed by atoms with van der Waals surface area (Å²) in [5.74, 6) is 0.525. The van der Waals surface area contributed by atoms with Gasteiger partial charge in [0.2, 0.25) is 5.88 Å². The smallest absolute Gasteiger partial charge is 0.257 e. The molecule has 6 nitrogen and oxygen atoms in total. The van der Waals surface area contributed by atoms with Gasteiger partial charge in [-0.15, -0.1) is 0 Å². The van der Waals surface area contributed by atoms with Crippen LogP contribution in [0, 0.1) is 0 Å². The second kappa shape index (κ2) is 5.73. The number of aromatic nitrogens is 2. The quantitative estimate of drug-likeness (QED) is 0.852. The van der Waals surface area contributed by atoms with Crippen LogP contribution in [0.4, 0.5) is 0 Å². The van der Waals surface area contributed by atoms with Crippen LogP contribution in [-0.2, 0) is 0 Å². The van der Waals surface area contributed by atoms with Crippen LogP contribution in [0.15, 0.2) is 41.6 Å². The Kier molecular flexibility index (Phi) is 3.62. The van der Waals surface area contributed by atoms with Crippen molar-refractivity contribution in [2.75, 3.05) is 13.1 Å². The molecule has 1 aliphatic heterocycles. The van der Waals surface area contributed by atoms with Crippen molar-refractivity contribution in [2.24, 2.45) is 0 Å². The van der Waals surface area contributed by atoms with Crippen molar-refractivity contribution in [1.29, 1.82) is 0 Å². The topological polar surface area (TPSA) is 68.5 Å². The Morgan fingerprint density at radius 3 is 3.15 bits per heavy atom. The maximum absolute atomic E-state index is 12.2. The summed E-state index contributed by atoms with van der Waals surface area (Å²) in [4.78, 5) is 21.9. The second-order valence-corrected chi connectivity index (χ2v) is 4.69. The van der Waals surface area contributed by atoms with Gasteiger partial charge in [0.15, 0.2) is 0 Å². The number of carbonyl (C=O) groups is 1. The third kappa shape index (κ3) is 2.79. The molecule has 104 valence electrons. The Labute approximate surface area is 116 Å². The lowest BCUT2D eigenvalue weighted by Gasteiger charge is -2.32. The normalized spacial score (nSPS) is 18.8. The lowest BCUT2D eigenvalue weighted by molar-refractivity contribution is 0.0527. The van der Waals surface area contributed by atoms with Crippen LogP contribution in [-0.4, -0.2) is 40.0 Å². The molecule has 0 aliphatic carbocycles. The fourth-order valence-electron chi connectivity index (χ4n) is 2.31. The molecule has 1 fully saturated rings. The lowest BCUT2D eigenvalue weighted by Crippen LogP contribution is -2.44. The van der Waals surface area contributed by atoms with Crippen molar-refractivity contribution in [3.8, 4) is 5.88 Å². The number of rotatable bonds is 3. The second-order valence-electron chi connectivity index (χ2n) is 4.69. The van der Waals surface area contributed by atoms with E-state index in [9.17, 15) is 4.79 Å². The fraction of sp³-hybridized carbons (Fsp3) is 0.357. The predicted octanol–water partition coefficient (Wildman–Crippen LogP) is 1.75. The van der Waals surface area contributed by atoms with E-state index < -0.39 is 0 Å². The highest BCUT2D eigenvalue weighted by atomic mass is 16.5. The molecule has 2 aromatic heterocycles. The first-order chi connectivity index (χ1) is 9.83. The van der Waals surface area contributed by atoms with E-state index in [2.05, 4.69) is 9.97 Å². The molecule has 0 aromatic carbocycles. The highest BCUT2D eigenvalue weighted by Crippen LogP contribution is 2.18. The van der Waals surface area contributed by atoms with Gasteiger partial charge in [0.1, 0.15) is 18.7 Å². The van der Waals surface area contributed by atoms with Crippen molar-refractivity contribution >= 4 is 5.91 Å². The Morgan fingerprint density at radius 1 is 1.45 bits per heavy atom. The molecule has 20 heavy (non-hydrogen) atoms. The van der Waals surface area contributed by atoms with Crippen LogP contribution in [0.5, 0.6) is 5.88 Å². The highest BCUT2D eigenvalue weighted by molar-refractivity contribution is 5.93. The van der Waals surface area contributed by atoms with E-state index in [-0.39, 0.29) is 12.0 Å². The summed E-state index contributed by atoms with van der Waals surface area (Å²) in [5, 5.41) is 0. The molecule has 0 saturated carbocycles. The van der Waals surface area contributed by atoms with Gasteiger partial charge < -0.3 is 14.1 Å². The van der Waals surface area contributed by atoms with Crippen molar-refractivity contribution in [3.63, 3.8) is 0 Å². The molecule has 0 spiro atoms. The maximum Gasteiger partial charge on any atom is 0.257 e. The minimum absolute atomic E-state index is 0.0188. The SMILES string of the molecule is O=C(c1ccoc1)N1CCCC(Oc2ccncn2)C1. The molecule has 1 amide bonds. The molecule has 1 saturated heterocycles. The van der Waals surface area contributed by atoms with E-state index in [1.807, 2.05) is 0 Å². The molecular formula is C14H15N3O3. The summed E-state index contributed by atoms with van der Waals surface area (Å²) < 4.78 is 10.7. The van der Waals surface area contributed by atoms with Crippen LogP contribution >= 0.6 is 0 Å². The average molecular weight is 273 g/mol. The molecule has 1 atom stereocenters. The van der Waals surface area contributed by atoms with E-state index in [4.69, 9.17) is 9.15 Å². The van der Waals surface area contributed by atoms with Crippen molar-refractivity contribution in [3.05, 3.63) is 42.7 Å². The van der Waals surface area contributed by atoms with Gasteiger partial charge in [-0.25, -0.2) is 9.97 Å². The Morgan fingerprint density at radius 2 is 2.40 bits per heavy atom. The predicted molar refractivity (Wildman–Crippen MR) is 70.3 cm³/mol. The third-order valence-corrected chi connectivity index (χ3v) is 3.28. The van der Waals surface area contributed by atoms with Gasteiger partial charge in [0.05, 0.1) is 18.4 Å². The Bertz CT molecular complexity index is 556. The largest absolute Gasteiger partial charge is 0.472 e.